The van der Waals surface area contributed by atoms with Crippen molar-refractivity contribution in [1.82, 2.24) is 9.13 Å². The maximum Gasteiger partial charge on any atom is 0.143 e. The molecule has 11 aromatic carbocycles. The number of fused-ring (bicyclic) bond motifs is 11. The van der Waals surface area contributed by atoms with Gasteiger partial charge in [0.15, 0.2) is 0 Å². The summed E-state index contributed by atoms with van der Waals surface area (Å²) < 4.78 is 11.5. The summed E-state index contributed by atoms with van der Waals surface area (Å²) in [5.74, 6) is 0. The predicted molar refractivity (Wildman–Crippen MR) is 285 cm³/mol. The normalized spacial score (nSPS) is 11.8. The third-order valence-electron chi connectivity index (χ3n) is 13.9. The maximum absolute atomic E-state index is 6.76. The van der Waals surface area contributed by atoms with Gasteiger partial charge in [0.1, 0.15) is 11.2 Å². The van der Waals surface area contributed by atoms with E-state index in [0.717, 1.165) is 72.3 Å². The van der Waals surface area contributed by atoms with Gasteiger partial charge in [0.05, 0.1) is 38.8 Å². The molecule has 0 aliphatic carbocycles. The lowest BCUT2D eigenvalue weighted by molar-refractivity contribution is 0.672. The van der Waals surface area contributed by atoms with E-state index >= 15 is 0 Å². The number of anilines is 3. The first-order chi connectivity index (χ1) is 33.7. The van der Waals surface area contributed by atoms with Gasteiger partial charge in [-0.1, -0.05) is 158 Å². The van der Waals surface area contributed by atoms with Gasteiger partial charge in [0, 0.05) is 54.9 Å². The largest absolute Gasteiger partial charge is 0.455 e. The summed E-state index contributed by atoms with van der Waals surface area (Å²) in [5.41, 5.74) is 16.6. The summed E-state index contributed by atoms with van der Waals surface area (Å²) in [7, 11) is 0. The fourth-order valence-corrected chi connectivity index (χ4v) is 10.8. The molecule has 0 unspecified atom stereocenters. The average Bonchev–Trinajstić information content (AvgIpc) is 4.08. The third-order valence-corrected chi connectivity index (χ3v) is 13.9. The van der Waals surface area contributed by atoms with E-state index in [1.165, 1.54) is 54.7 Å². The number of rotatable bonds is 7. The Bertz CT molecular complexity index is 4200. The molecular weight excluding hydrogens is 827 g/mol. The fraction of sp³-hybridized carbons (Fsp3) is 0. The molecule has 0 saturated heterocycles. The Hall–Kier alpha value is -9.12. The first-order valence-corrected chi connectivity index (χ1v) is 23.3. The summed E-state index contributed by atoms with van der Waals surface area (Å²) in [6, 6.07) is 89.9. The summed E-state index contributed by atoms with van der Waals surface area (Å²) in [6.07, 6.45) is 0. The van der Waals surface area contributed by atoms with Gasteiger partial charge in [-0.25, -0.2) is 0 Å². The first-order valence-electron chi connectivity index (χ1n) is 23.3. The zero-order chi connectivity index (χ0) is 44.7. The molecule has 4 nitrogen and oxygen atoms in total. The van der Waals surface area contributed by atoms with Crippen LogP contribution in [-0.4, -0.2) is 9.13 Å². The Kier molecular flexibility index (Phi) is 8.55. The standard InChI is InChI=1S/C64H41N3O/c1-2-16-46(17-3-1)66-57-24-11-9-22-53(57)55-41-45(34-40-60(55)66)42-29-35-47(36-30-42)65(61-27-14-28-62-63(61)54-39-33-43-15-4-5-19-50(43)64(54)68-62)48-37-31-44(32-38-48)49-18-6-10-23-56(49)67-58-25-12-7-20-51(58)52-21-8-13-26-59(52)67/h1-41H. The van der Waals surface area contributed by atoms with Crippen LogP contribution in [0.15, 0.2) is 253 Å². The van der Waals surface area contributed by atoms with E-state index in [0.29, 0.717) is 0 Å². The summed E-state index contributed by atoms with van der Waals surface area (Å²) in [5, 5.41) is 9.42. The molecule has 0 radical (unpaired) electrons. The van der Waals surface area contributed by atoms with Crippen LogP contribution in [0.1, 0.15) is 0 Å². The van der Waals surface area contributed by atoms with Crippen LogP contribution in [-0.2, 0) is 0 Å². The van der Waals surface area contributed by atoms with Gasteiger partial charge in [-0.3, -0.25) is 0 Å². The van der Waals surface area contributed by atoms with Gasteiger partial charge in [-0.05, 0) is 113 Å². The van der Waals surface area contributed by atoms with Crippen molar-refractivity contribution >= 4 is 93.4 Å². The fourth-order valence-electron chi connectivity index (χ4n) is 10.8. The highest BCUT2D eigenvalue weighted by Gasteiger charge is 2.22. The Morgan fingerprint density at radius 2 is 0.897 bits per heavy atom. The summed E-state index contributed by atoms with van der Waals surface area (Å²) in [6.45, 7) is 0. The van der Waals surface area contributed by atoms with E-state index in [-0.39, 0.29) is 0 Å². The van der Waals surface area contributed by atoms with Gasteiger partial charge in [-0.15, -0.1) is 0 Å². The van der Waals surface area contributed by atoms with Crippen LogP contribution in [0.5, 0.6) is 0 Å². The maximum atomic E-state index is 6.76. The van der Waals surface area contributed by atoms with Crippen molar-refractivity contribution in [3.8, 4) is 33.6 Å². The molecule has 14 rings (SSSR count). The van der Waals surface area contributed by atoms with Crippen LogP contribution in [0.4, 0.5) is 17.1 Å². The Balaban J connectivity index is 0.914. The van der Waals surface area contributed by atoms with E-state index in [1.807, 2.05) is 0 Å². The van der Waals surface area contributed by atoms with Gasteiger partial charge < -0.3 is 18.5 Å². The lowest BCUT2D eigenvalue weighted by Crippen LogP contribution is -2.10. The highest BCUT2D eigenvalue weighted by Crippen LogP contribution is 2.46. The van der Waals surface area contributed by atoms with E-state index in [4.69, 9.17) is 4.42 Å². The molecule has 0 atom stereocenters. The molecule has 0 aliphatic rings. The number of hydrogen-bond acceptors (Lipinski definition) is 2. The number of nitrogens with zero attached hydrogens (tertiary/aromatic N) is 3. The second kappa shape index (κ2) is 15.2. The highest BCUT2D eigenvalue weighted by molar-refractivity contribution is 6.20. The number of aromatic nitrogens is 2. The molecule has 318 valence electrons. The molecule has 0 N–H and O–H groups in total. The minimum atomic E-state index is 0.857. The SMILES string of the molecule is c1ccc(-n2c3ccccc3c3cc(-c4ccc(N(c5ccc(-c6ccccc6-n6c7ccccc7c7ccccc76)cc5)c5cccc6oc7c8ccccc8ccc7c56)cc4)ccc32)cc1. The minimum absolute atomic E-state index is 0.857. The third kappa shape index (κ3) is 5.87. The van der Waals surface area contributed by atoms with Gasteiger partial charge in [0.25, 0.3) is 0 Å². The molecule has 0 amide bonds. The Morgan fingerprint density at radius 1 is 0.338 bits per heavy atom. The quantitative estimate of drug-likeness (QED) is 0.160. The first kappa shape index (κ1) is 38.2. The van der Waals surface area contributed by atoms with E-state index in [9.17, 15) is 0 Å². The van der Waals surface area contributed by atoms with Crippen LogP contribution in [0.25, 0.3) is 110 Å². The molecule has 0 fully saturated rings. The second-order valence-electron chi connectivity index (χ2n) is 17.7. The van der Waals surface area contributed by atoms with Crippen LogP contribution < -0.4 is 4.90 Å². The van der Waals surface area contributed by atoms with Gasteiger partial charge in [-0.2, -0.15) is 0 Å². The van der Waals surface area contributed by atoms with E-state index in [2.05, 4.69) is 263 Å². The monoisotopic (exact) mass is 867 g/mol. The number of para-hydroxylation sites is 5. The van der Waals surface area contributed by atoms with Gasteiger partial charge >= 0.3 is 0 Å². The van der Waals surface area contributed by atoms with Crippen LogP contribution in [0, 0.1) is 0 Å². The molecule has 3 heterocycles. The lowest BCUT2D eigenvalue weighted by Gasteiger charge is -2.27. The molecule has 14 aromatic rings. The Labute approximate surface area is 392 Å². The number of benzene rings is 11. The smallest absolute Gasteiger partial charge is 0.143 e. The van der Waals surface area contributed by atoms with Crippen molar-refractivity contribution in [3.63, 3.8) is 0 Å². The summed E-state index contributed by atoms with van der Waals surface area (Å²) >= 11 is 0. The van der Waals surface area contributed by atoms with Gasteiger partial charge in [0.2, 0.25) is 0 Å². The molecule has 4 heteroatoms. The molecule has 0 saturated carbocycles. The van der Waals surface area contributed by atoms with Crippen molar-refractivity contribution < 1.29 is 4.42 Å². The van der Waals surface area contributed by atoms with Crippen LogP contribution in [0.3, 0.4) is 0 Å². The minimum Gasteiger partial charge on any atom is -0.455 e. The number of furan rings is 1. The van der Waals surface area contributed by atoms with E-state index < -0.39 is 0 Å². The van der Waals surface area contributed by atoms with Crippen molar-refractivity contribution in [3.05, 3.63) is 249 Å². The van der Waals surface area contributed by atoms with Crippen molar-refractivity contribution in [2.45, 2.75) is 0 Å². The van der Waals surface area contributed by atoms with Crippen molar-refractivity contribution in [2.75, 3.05) is 4.90 Å². The number of hydrogen-bond donors (Lipinski definition) is 0. The van der Waals surface area contributed by atoms with E-state index in [1.54, 1.807) is 0 Å². The van der Waals surface area contributed by atoms with Crippen molar-refractivity contribution in [1.29, 1.82) is 0 Å². The molecule has 3 aromatic heterocycles. The van der Waals surface area contributed by atoms with Crippen LogP contribution in [0.2, 0.25) is 0 Å². The zero-order valence-electron chi connectivity index (χ0n) is 36.9. The zero-order valence-corrected chi connectivity index (χ0v) is 36.9. The molecule has 68 heavy (non-hydrogen) atoms. The average molecular weight is 868 g/mol. The second-order valence-corrected chi connectivity index (χ2v) is 17.7. The highest BCUT2D eigenvalue weighted by atomic mass is 16.3. The topological polar surface area (TPSA) is 26.2 Å². The molecule has 0 bridgehead atoms. The Morgan fingerprint density at radius 3 is 1.62 bits per heavy atom. The predicted octanol–water partition coefficient (Wildman–Crippen LogP) is 17.7. The lowest BCUT2D eigenvalue weighted by atomic mass is 10.0. The summed E-state index contributed by atoms with van der Waals surface area (Å²) in [4.78, 5) is 2.38. The van der Waals surface area contributed by atoms with Crippen molar-refractivity contribution in [2.24, 2.45) is 0 Å². The molecule has 0 spiro atoms. The van der Waals surface area contributed by atoms with Crippen LogP contribution >= 0.6 is 0 Å². The molecule has 0 aliphatic heterocycles. The molecular formula is C64H41N3O.